The van der Waals surface area contributed by atoms with Crippen LogP contribution < -0.4 is 10.6 Å². The van der Waals surface area contributed by atoms with Gasteiger partial charge in [0.15, 0.2) is 11.6 Å². The maximum atomic E-state index is 12.4. The Balaban J connectivity index is 1.70. The Morgan fingerprint density at radius 2 is 2.23 bits per heavy atom. The molecule has 1 aliphatic rings. The molecule has 2 atom stereocenters. The molecule has 3 heterocycles. The number of amides is 2. The molecule has 2 amide bonds. The molecule has 2 aromatic rings. The van der Waals surface area contributed by atoms with E-state index in [1.807, 2.05) is 11.8 Å². The van der Waals surface area contributed by atoms with E-state index in [2.05, 4.69) is 20.8 Å². The SMILES string of the molecule is CCNC(=O)[C@@H]1C[C@H](NC(=O)CC)CN1Cc1noc(-c2ccco2)n1. The van der Waals surface area contributed by atoms with Gasteiger partial charge in [-0.05, 0) is 25.5 Å². The molecule has 0 unspecified atom stereocenters. The summed E-state index contributed by atoms with van der Waals surface area (Å²) in [4.78, 5) is 30.4. The highest BCUT2D eigenvalue weighted by molar-refractivity contribution is 5.82. The highest BCUT2D eigenvalue weighted by atomic mass is 16.5. The van der Waals surface area contributed by atoms with Crippen LogP contribution in [0.1, 0.15) is 32.5 Å². The van der Waals surface area contributed by atoms with E-state index in [4.69, 9.17) is 8.94 Å². The number of carbonyl (C=O) groups excluding carboxylic acids is 2. The molecule has 0 spiro atoms. The van der Waals surface area contributed by atoms with E-state index in [-0.39, 0.29) is 23.9 Å². The van der Waals surface area contributed by atoms with Crippen molar-refractivity contribution in [3.05, 3.63) is 24.2 Å². The van der Waals surface area contributed by atoms with Crippen molar-refractivity contribution in [2.24, 2.45) is 0 Å². The zero-order chi connectivity index (χ0) is 18.5. The normalized spacial score (nSPS) is 20.2. The van der Waals surface area contributed by atoms with Crippen LogP contribution in [0.15, 0.2) is 27.3 Å². The van der Waals surface area contributed by atoms with Crippen LogP contribution in [-0.2, 0) is 16.1 Å². The summed E-state index contributed by atoms with van der Waals surface area (Å²) in [6, 6.07) is 3.06. The quantitative estimate of drug-likeness (QED) is 0.754. The van der Waals surface area contributed by atoms with E-state index in [9.17, 15) is 9.59 Å². The van der Waals surface area contributed by atoms with Gasteiger partial charge < -0.3 is 19.6 Å². The standard InChI is InChI=1S/C17H23N5O4/c1-3-15(23)19-11-8-12(16(24)18-4-2)22(9-11)10-14-20-17(26-21-14)13-6-5-7-25-13/h5-7,11-12H,3-4,8-10H2,1-2H3,(H,18,24)(H,19,23)/t11-,12-/m0/s1. The molecular weight excluding hydrogens is 338 g/mol. The summed E-state index contributed by atoms with van der Waals surface area (Å²) in [7, 11) is 0. The van der Waals surface area contributed by atoms with Gasteiger partial charge in [-0.25, -0.2) is 0 Å². The van der Waals surface area contributed by atoms with E-state index >= 15 is 0 Å². The number of nitrogens with one attached hydrogen (secondary N) is 2. The summed E-state index contributed by atoms with van der Waals surface area (Å²) in [6.45, 7) is 5.14. The summed E-state index contributed by atoms with van der Waals surface area (Å²) < 4.78 is 10.5. The predicted molar refractivity (Wildman–Crippen MR) is 91.7 cm³/mol. The van der Waals surface area contributed by atoms with Crippen LogP contribution >= 0.6 is 0 Å². The molecule has 2 N–H and O–H groups in total. The van der Waals surface area contributed by atoms with E-state index in [0.717, 1.165) is 0 Å². The van der Waals surface area contributed by atoms with E-state index < -0.39 is 0 Å². The lowest BCUT2D eigenvalue weighted by Crippen LogP contribution is -2.42. The zero-order valence-electron chi connectivity index (χ0n) is 14.9. The van der Waals surface area contributed by atoms with Gasteiger partial charge in [0.1, 0.15) is 0 Å². The molecule has 1 fully saturated rings. The molecule has 0 radical (unpaired) electrons. The lowest BCUT2D eigenvalue weighted by atomic mass is 10.1. The third-order valence-corrected chi connectivity index (χ3v) is 4.29. The molecule has 0 aromatic carbocycles. The highest BCUT2D eigenvalue weighted by Gasteiger charge is 2.37. The predicted octanol–water partition coefficient (Wildman–Crippen LogP) is 0.935. The Labute approximate surface area is 151 Å². The molecule has 1 saturated heterocycles. The van der Waals surface area contributed by atoms with Crippen molar-refractivity contribution in [2.75, 3.05) is 13.1 Å². The second kappa shape index (κ2) is 8.13. The van der Waals surface area contributed by atoms with Gasteiger partial charge in [-0.15, -0.1) is 0 Å². The van der Waals surface area contributed by atoms with Crippen molar-refractivity contribution in [1.82, 2.24) is 25.7 Å². The monoisotopic (exact) mass is 361 g/mol. The number of rotatable bonds is 7. The summed E-state index contributed by atoms with van der Waals surface area (Å²) >= 11 is 0. The fourth-order valence-electron chi connectivity index (χ4n) is 3.08. The third kappa shape index (κ3) is 4.10. The maximum absolute atomic E-state index is 12.4. The van der Waals surface area contributed by atoms with Crippen LogP contribution in [0.5, 0.6) is 0 Å². The van der Waals surface area contributed by atoms with E-state index in [1.165, 1.54) is 6.26 Å². The fourth-order valence-corrected chi connectivity index (χ4v) is 3.08. The summed E-state index contributed by atoms with van der Waals surface area (Å²) in [5.74, 6) is 1.18. The maximum Gasteiger partial charge on any atom is 0.293 e. The molecule has 2 aromatic heterocycles. The Bertz CT molecular complexity index is 742. The molecule has 140 valence electrons. The number of likely N-dealkylation sites (N-methyl/N-ethyl adjacent to an activating group) is 1. The number of hydrogen-bond acceptors (Lipinski definition) is 7. The van der Waals surface area contributed by atoms with Crippen LogP contribution in [0, 0.1) is 0 Å². The average molecular weight is 361 g/mol. The van der Waals surface area contributed by atoms with Crippen LogP contribution in [-0.4, -0.2) is 52.0 Å². The number of aromatic nitrogens is 2. The summed E-state index contributed by atoms with van der Waals surface area (Å²) in [5.41, 5.74) is 0. The lowest BCUT2D eigenvalue weighted by Gasteiger charge is -2.21. The highest BCUT2D eigenvalue weighted by Crippen LogP contribution is 2.22. The Morgan fingerprint density at radius 3 is 2.92 bits per heavy atom. The molecule has 0 bridgehead atoms. The van der Waals surface area contributed by atoms with Crippen LogP contribution in [0.4, 0.5) is 0 Å². The minimum Gasteiger partial charge on any atom is -0.459 e. The van der Waals surface area contributed by atoms with Gasteiger partial charge in [-0.2, -0.15) is 4.98 Å². The second-order valence-corrected chi connectivity index (χ2v) is 6.19. The molecule has 0 aliphatic carbocycles. The summed E-state index contributed by atoms with van der Waals surface area (Å²) in [5, 5.41) is 9.78. The third-order valence-electron chi connectivity index (χ3n) is 4.29. The first-order chi connectivity index (χ1) is 12.6. The summed E-state index contributed by atoms with van der Waals surface area (Å²) in [6.07, 6.45) is 2.51. The topological polar surface area (TPSA) is 114 Å². The van der Waals surface area contributed by atoms with Crippen molar-refractivity contribution in [2.45, 2.75) is 45.3 Å². The molecule has 1 aliphatic heterocycles. The van der Waals surface area contributed by atoms with Crippen molar-refractivity contribution in [3.63, 3.8) is 0 Å². The zero-order valence-corrected chi connectivity index (χ0v) is 14.9. The van der Waals surface area contributed by atoms with Crippen molar-refractivity contribution in [3.8, 4) is 11.7 Å². The number of nitrogens with zero attached hydrogens (tertiary/aromatic N) is 3. The van der Waals surface area contributed by atoms with E-state index in [1.54, 1.807) is 19.1 Å². The van der Waals surface area contributed by atoms with Gasteiger partial charge >= 0.3 is 0 Å². The number of hydrogen-bond donors (Lipinski definition) is 2. The number of likely N-dealkylation sites (tertiary alicyclic amines) is 1. The molecular formula is C17H23N5O4. The van der Waals surface area contributed by atoms with Crippen molar-refractivity contribution in [1.29, 1.82) is 0 Å². The fraction of sp³-hybridized carbons (Fsp3) is 0.529. The Morgan fingerprint density at radius 1 is 1.38 bits per heavy atom. The van der Waals surface area contributed by atoms with Gasteiger partial charge in [0.05, 0.1) is 18.8 Å². The van der Waals surface area contributed by atoms with Gasteiger partial charge in [0, 0.05) is 25.6 Å². The minimum absolute atomic E-state index is 0.0221. The van der Waals surface area contributed by atoms with Gasteiger partial charge in [-0.1, -0.05) is 12.1 Å². The second-order valence-electron chi connectivity index (χ2n) is 6.19. The van der Waals surface area contributed by atoms with Crippen LogP contribution in [0.3, 0.4) is 0 Å². The Kier molecular flexibility index (Phi) is 5.67. The van der Waals surface area contributed by atoms with Crippen molar-refractivity contribution < 1.29 is 18.5 Å². The largest absolute Gasteiger partial charge is 0.459 e. The van der Waals surface area contributed by atoms with Crippen molar-refractivity contribution >= 4 is 11.8 Å². The average Bonchev–Trinajstić information content (AvgIpc) is 3.35. The molecule has 9 nitrogen and oxygen atoms in total. The lowest BCUT2D eigenvalue weighted by molar-refractivity contribution is -0.125. The minimum atomic E-state index is -0.345. The van der Waals surface area contributed by atoms with E-state index in [0.29, 0.717) is 50.0 Å². The first-order valence-electron chi connectivity index (χ1n) is 8.78. The van der Waals surface area contributed by atoms with Gasteiger partial charge in [-0.3, -0.25) is 14.5 Å². The first kappa shape index (κ1) is 18.1. The van der Waals surface area contributed by atoms with Crippen LogP contribution in [0.2, 0.25) is 0 Å². The smallest absolute Gasteiger partial charge is 0.293 e. The number of furan rings is 1. The molecule has 3 rings (SSSR count). The van der Waals surface area contributed by atoms with Crippen LogP contribution in [0.25, 0.3) is 11.7 Å². The number of carbonyl (C=O) groups is 2. The first-order valence-corrected chi connectivity index (χ1v) is 8.78. The van der Waals surface area contributed by atoms with Gasteiger partial charge in [0.25, 0.3) is 5.89 Å². The van der Waals surface area contributed by atoms with Gasteiger partial charge in [0.2, 0.25) is 11.8 Å². The Hall–Kier alpha value is -2.68. The molecule has 0 saturated carbocycles. The molecule has 9 heteroatoms. The molecule has 26 heavy (non-hydrogen) atoms.